The molecule has 2 N–H and O–H groups in total. The number of aliphatic hydroxyl groups excluding tert-OH is 1. The van der Waals surface area contributed by atoms with Crippen molar-refractivity contribution in [2.75, 3.05) is 19.7 Å². The van der Waals surface area contributed by atoms with Crippen LogP contribution in [0.1, 0.15) is 18.8 Å². The molecule has 0 amide bonds. The molecule has 0 aliphatic carbocycles. The van der Waals surface area contributed by atoms with Crippen LogP contribution in [0.15, 0.2) is 6.33 Å². The molecule has 5 nitrogen and oxygen atoms in total. The molecule has 1 aliphatic rings. The Hall–Kier alpha value is -0.940. The minimum atomic E-state index is 0.0769. The number of rotatable bonds is 4. The molecule has 1 atom stereocenters. The minimum absolute atomic E-state index is 0.0769. The van der Waals surface area contributed by atoms with E-state index in [4.69, 9.17) is 5.11 Å². The summed E-state index contributed by atoms with van der Waals surface area (Å²) in [6.07, 6.45) is 2.65. The fraction of sp³-hybridized carbons (Fsp3) is 0.778. The maximum absolute atomic E-state index is 9.05. The summed E-state index contributed by atoms with van der Waals surface area (Å²) in [5.41, 5.74) is 0. The average molecular weight is 196 g/mol. The molecule has 1 fully saturated rings. The number of aliphatic hydroxyl groups is 1. The van der Waals surface area contributed by atoms with Crippen LogP contribution < -0.4 is 5.32 Å². The number of aromatic nitrogens is 3. The van der Waals surface area contributed by atoms with E-state index in [1.54, 1.807) is 6.33 Å². The van der Waals surface area contributed by atoms with Crippen molar-refractivity contribution < 1.29 is 5.11 Å². The topological polar surface area (TPSA) is 63.0 Å². The number of hydrogen-bond donors (Lipinski definition) is 2. The fourth-order valence-corrected chi connectivity index (χ4v) is 1.62. The van der Waals surface area contributed by atoms with E-state index in [1.807, 2.05) is 11.5 Å². The maximum atomic E-state index is 9.05. The highest BCUT2D eigenvalue weighted by atomic mass is 16.3. The maximum Gasteiger partial charge on any atom is 0.133 e. The quantitative estimate of drug-likeness (QED) is 0.687. The zero-order valence-electron chi connectivity index (χ0n) is 8.35. The van der Waals surface area contributed by atoms with Crippen molar-refractivity contribution in [3.63, 3.8) is 0 Å². The van der Waals surface area contributed by atoms with Crippen molar-refractivity contribution in [2.45, 2.75) is 19.4 Å². The van der Waals surface area contributed by atoms with Crippen LogP contribution in [0.3, 0.4) is 0 Å². The van der Waals surface area contributed by atoms with Gasteiger partial charge in [0.25, 0.3) is 0 Å². The van der Waals surface area contributed by atoms with E-state index in [0.29, 0.717) is 5.92 Å². The highest BCUT2D eigenvalue weighted by Gasteiger charge is 2.20. The molecule has 2 heterocycles. The van der Waals surface area contributed by atoms with E-state index in [0.717, 1.165) is 25.3 Å². The number of nitrogens with one attached hydrogen (secondary N) is 1. The molecule has 2 rings (SSSR count). The van der Waals surface area contributed by atoms with Crippen LogP contribution in [-0.2, 0) is 6.42 Å². The Kier molecular flexibility index (Phi) is 2.79. The second-order valence-corrected chi connectivity index (χ2v) is 3.91. The third kappa shape index (κ3) is 1.78. The standard InChI is InChI=1S/C9H16N4O/c1-7(5-14)13-6-11-12-9(13)2-8-3-10-4-8/h6-8,10,14H,2-5H2,1H3. The Morgan fingerprint density at radius 1 is 1.71 bits per heavy atom. The van der Waals surface area contributed by atoms with Crippen LogP contribution in [0.2, 0.25) is 0 Å². The number of nitrogens with zero attached hydrogens (tertiary/aromatic N) is 3. The Balaban J connectivity index is 2.04. The molecule has 0 radical (unpaired) electrons. The predicted molar refractivity (Wildman–Crippen MR) is 51.9 cm³/mol. The van der Waals surface area contributed by atoms with Crippen LogP contribution in [0.5, 0.6) is 0 Å². The van der Waals surface area contributed by atoms with Crippen molar-refractivity contribution in [1.82, 2.24) is 20.1 Å². The summed E-state index contributed by atoms with van der Waals surface area (Å²) < 4.78 is 1.96. The molecule has 5 heteroatoms. The van der Waals surface area contributed by atoms with E-state index in [1.165, 1.54) is 0 Å². The lowest BCUT2D eigenvalue weighted by Crippen LogP contribution is -2.43. The number of hydrogen-bond acceptors (Lipinski definition) is 4. The lowest BCUT2D eigenvalue weighted by atomic mass is 9.99. The molecule has 0 spiro atoms. The van der Waals surface area contributed by atoms with Gasteiger partial charge in [0.1, 0.15) is 12.2 Å². The molecule has 14 heavy (non-hydrogen) atoms. The molecule has 1 aliphatic heterocycles. The van der Waals surface area contributed by atoms with E-state index in [2.05, 4.69) is 15.5 Å². The van der Waals surface area contributed by atoms with E-state index in [-0.39, 0.29) is 12.6 Å². The summed E-state index contributed by atoms with van der Waals surface area (Å²) in [7, 11) is 0. The van der Waals surface area contributed by atoms with Gasteiger partial charge in [-0.1, -0.05) is 0 Å². The van der Waals surface area contributed by atoms with E-state index >= 15 is 0 Å². The summed E-state index contributed by atoms with van der Waals surface area (Å²) in [5.74, 6) is 1.67. The Morgan fingerprint density at radius 3 is 3.07 bits per heavy atom. The smallest absolute Gasteiger partial charge is 0.133 e. The van der Waals surface area contributed by atoms with E-state index < -0.39 is 0 Å². The highest BCUT2D eigenvalue weighted by Crippen LogP contribution is 2.13. The zero-order valence-corrected chi connectivity index (χ0v) is 8.35. The predicted octanol–water partition coefficient (Wildman–Crippen LogP) is -0.407. The van der Waals surface area contributed by atoms with Gasteiger partial charge in [-0.15, -0.1) is 10.2 Å². The second kappa shape index (κ2) is 4.06. The first-order chi connectivity index (χ1) is 6.81. The Bertz CT molecular complexity index is 295. The van der Waals surface area contributed by atoms with Gasteiger partial charge in [0.05, 0.1) is 12.6 Å². The van der Waals surface area contributed by atoms with Crippen LogP contribution in [0.25, 0.3) is 0 Å². The van der Waals surface area contributed by atoms with Gasteiger partial charge in [-0.25, -0.2) is 0 Å². The van der Waals surface area contributed by atoms with Crippen LogP contribution in [0, 0.1) is 5.92 Å². The van der Waals surface area contributed by atoms with Gasteiger partial charge in [0.2, 0.25) is 0 Å². The second-order valence-electron chi connectivity index (χ2n) is 3.91. The molecule has 1 unspecified atom stereocenters. The van der Waals surface area contributed by atoms with Gasteiger partial charge < -0.3 is 15.0 Å². The van der Waals surface area contributed by atoms with Crippen molar-refractivity contribution in [2.24, 2.45) is 5.92 Å². The van der Waals surface area contributed by atoms with E-state index in [9.17, 15) is 0 Å². The van der Waals surface area contributed by atoms with Crippen molar-refractivity contribution in [3.8, 4) is 0 Å². The minimum Gasteiger partial charge on any atom is -0.394 e. The third-order valence-corrected chi connectivity index (χ3v) is 2.72. The Labute approximate surface area is 83.2 Å². The third-order valence-electron chi connectivity index (χ3n) is 2.72. The lowest BCUT2D eigenvalue weighted by molar-refractivity contribution is 0.233. The Morgan fingerprint density at radius 2 is 2.50 bits per heavy atom. The van der Waals surface area contributed by atoms with Crippen LogP contribution in [0.4, 0.5) is 0 Å². The first kappa shape index (κ1) is 9.61. The van der Waals surface area contributed by atoms with Gasteiger partial charge in [-0.3, -0.25) is 0 Å². The zero-order chi connectivity index (χ0) is 9.97. The normalized spacial score (nSPS) is 19.3. The summed E-state index contributed by atoms with van der Waals surface area (Å²) in [6.45, 7) is 4.24. The lowest BCUT2D eigenvalue weighted by Gasteiger charge is -2.27. The molecular weight excluding hydrogens is 180 g/mol. The SMILES string of the molecule is CC(CO)n1cnnc1CC1CNC1. The molecule has 0 aromatic carbocycles. The monoisotopic (exact) mass is 196 g/mol. The van der Waals surface area contributed by atoms with Gasteiger partial charge in [0.15, 0.2) is 0 Å². The fourth-order valence-electron chi connectivity index (χ4n) is 1.62. The van der Waals surface area contributed by atoms with Gasteiger partial charge in [-0.2, -0.15) is 0 Å². The molecule has 1 aromatic rings. The van der Waals surface area contributed by atoms with Gasteiger partial charge >= 0.3 is 0 Å². The molecule has 1 aromatic heterocycles. The summed E-state index contributed by atoms with van der Waals surface area (Å²) in [6, 6.07) is 0.0769. The molecule has 1 saturated heterocycles. The first-order valence-electron chi connectivity index (χ1n) is 5.01. The molecule has 78 valence electrons. The molecule has 0 saturated carbocycles. The van der Waals surface area contributed by atoms with Crippen LogP contribution in [-0.4, -0.2) is 39.6 Å². The van der Waals surface area contributed by atoms with Crippen molar-refractivity contribution >= 4 is 0 Å². The largest absolute Gasteiger partial charge is 0.394 e. The molecule has 0 bridgehead atoms. The highest BCUT2D eigenvalue weighted by molar-refractivity contribution is 4.94. The summed E-state index contributed by atoms with van der Waals surface area (Å²) in [4.78, 5) is 0. The van der Waals surface area contributed by atoms with Crippen molar-refractivity contribution in [1.29, 1.82) is 0 Å². The first-order valence-corrected chi connectivity index (χ1v) is 5.01. The van der Waals surface area contributed by atoms with Crippen LogP contribution >= 0.6 is 0 Å². The van der Waals surface area contributed by atoms with Gasteiger partial charge in [0, 0.05) is 6.42 Å². The molecular formula is C9H16N4O. The van der Waals surface area contributed by atoms with Crippen molar-refractivity contribution in [3.05, 3.63) is 12.2 Å². The summed E-state index contributed by atoms with van der Waals surface area (Å²) in [5, 5.41) is 20.2. The summed E-state index contributed by atoms with van der Waals surface area (Å²) >= 11 is 0. The average Bonchev–Trinajstić information content (AvgIpc) is 2.58. The van der Waals surface area contributed by atoms with Gasteiger partial charge in [-0.05, 0) is 25.9 Å².